The van der Waals surface area contributed by atoms with E-state index in [0.29, 0.717) is 11.6 Å². The van der Waals surface area contributed by atoms with E-state index < -0.39 is 18.1 Å². The maximum Gasteiger partial charge on any atom is 0.408 e. The van der Waals surface area contributed by atoms with Crippen molar-refractivity contribution in [2.24, 2.45) is 0 Å². The Kier molecular flexibility index (Phi) is 6.13. The lowest BCUT2D eigenvalue weighted by molar-refractivity contribution is -0.137. The van der Waals surface area contributed by atoms with E-state index in [1.54, 1.807) is 18.2 Å². The van der Waals surface area contributed by atoms with Gasteiger partial charge < -0.3 is 19.9 Å². The van der Waals surface area contributed by atoms with Crippen molar-refractivity contribution in [2.75, 3.05) is 7.11 Å². The van der Waals surface area contributed by atoms with Crippen LogP contribution >= 0.6 is 0 Å². The highest BCUT2D eigenvalue weighted by atomic mass is 16.5. The largest absolute Gasteiger partial charge is 0.481 e. The molecule has 0 aliphatic rings. The van der Waals surface area contributed by atoms with E-state index in [4.69, 9.17) is 14.6 Å². The van der Waals surface area contributed by atoms with Crippen molar-refractivity contribution in [1.82, 2.24) is 10.3 Å². The molecule has 0 spiro atoms. The number of nitrogens with one attached hydrogen (secondary N) is 1. The van der Waals surface area contributed by atoms with Gasteiger partial charge in [-0.05, 0) is 11.6 Å². The summed E-state index contributed by atoms with van der Waals surface area (Å²) < 4.78 is 10.1. The molecule has 0 radical (unpaired) electrons. The van der Waals surface area contributed by atoms with Gasteiger partial charge in [-0.2, -0.15) is 0 Å². The highest BCUT2D eigenvalue weighted by Crippen LogP contribution is 2.18. The van der Waals surface area contributed by atoms with Crippen LogP contribution in [0.3, 0.4) is 0 Å². The monoisotopic (exact) mass is 330 g/mol. The molecule has 0 aliphatic heterocycles. The summed E-state index contributed by atoms with van der Waals surface area (Å²) in [5, 5.41) is 11.6. The van der Waals surface area contributed by atoms with Gasteiger partial charge in [0.2, 0.25) is 5.88 Å². The smallest absolute Gasteiger partial charge is 0.408 e. The van der Waals surface area contributed by atoms with Crippen molar-refractivity contribution in [1.29, 1.82) is 0 Å². The second kappa shape index (κ2) is 8.52. The Morgan fingerprint density at radius 2 is 1.92 bits per heavy atom. The number of methoxy groups -OCH3 is 1. The van der Waals surface area contributed by atoms with Crippen LogP contribution in [0.1, 0.15) is 23.7 Å². The molecule has 2 rings (SSSR count). The van der Waals surface area contributed by atoms with Crippen LogP contribution in [0.25, 0.3) is 0 Å². The molecule has 2 N–H and O–H groups in total. The predicted octanol–water partition coefficient (Wildman–Crippen LogP) is 2.53. The fraction of sp³-hybridized carbons (Fsp3) is 0.235. The zero-order chi connectivity index (χ0) is 17.4. The fourth-order valence-corrected chi connectivity index (χ4v) is 2.05. The zero-order valence-corrected chi connectivity index (χ0v) is 13.1. The highest BCUT2D eigenvalue weighted by molar-refractivity contribution is 5.71. The minimum atomic E-state index is -1.06. The van der Waals surface area contributed by atoms with Crippen LogP contribution in [0.2, 0.25) is 0 Å². The van der Waals surface area contributed by atoms with Gasteiger partial charge in [-0.25, -0.2) is 9.78 Å². The summed E-state index contributed by atoms with van der Waals surface area (Å²) in [6, 6.07) is 13.3. The quantitative estimate of drug-likeness (QED) is 0.809. The molecule has 1 atom stereocenters. The zero-order valence-electron chi connectivity index (χ0n) is 13.1. The average Bonchev–Trinajstić information content (AvgIpc) is 2.60. The van der Waals surface area contributed by atoms with Crippen molar-refractivity contribution in [2.45, 2.75) is 19.1 Å². The lowest BCUT2D eigenvalue weighted by Crippen LogP contribution is -2.31. The molecule has 24 heavy (non-hydrogen) atoms. The first-order chi connectivity index (χ1) is 11.6. The van der Waals surface area contributed by atoms with E-state index in [1.807, 2.05) is 30.3 Å². The number of benzene rings is 1. The molecule has 1 aromatic carbocycles. The van der Waals surface area contributed by atoms with Crippen LogP contribution in [-0.2, 0) is 16.1 Å². The van der Waals surface area contributed by atoms with Crippen molar-refractivity contribution in [3.8, 4) is 5.88 Å². The van der Waals surface area contributed by atoms with Crippen LogP contribution in [0.15, 0.2) is 48.5 Å². The second-order valence-electron chi connectivity index (χ2n) is 4.96. The first-order valence-electron chi connectivity index (χ1n) is 7.28. The molecule has 1 heterocycles. The number of carbonyl (C=O) groups is 2. The number of carboxylic acid groups (broad SMARTS) is 1. The minimum Gasteiger partial charge on any atom is -0.481 e. The molecule has 0 bridgehead atoms. The Bertz CT molecular complexity index is 690. The average molecular weight is 330 g/mol. The summed E-state index contributed by atoms with van der Waals surface area (Å²) in [6.45, 7) is 0.0952. The fourth-order valence-electron chi connectivity index (χ4n) is 2.05. The van der Waals surface area contributed by atoms with Gasteiger partial charge >= 0.3 is 12.1 Å². The van der Waals surface area contributed by atoms with Crippen molar-refractivity contribution in [3.05, 3.63) is 59.8 Å². The van der Waals surface area contributed by atoms with Crippen LogP contribution in [0.4, 0.5) is 4.79 Å². The standard InChI is InChI=1S/C17H18N2O5/c1-23-15-9-5-8-13(18-15)14(10-16(20)21)19-17(22)24-11-12-6-3-2-4-7-12/h2-9,14H,10-11H2,1H3,(H,19,22)(H,20,21). The molecular weight excluding hydrogens is 312 g/mol. The van der Waals surface area contributed by atoms with Gasteiger partial charge in [0, 0.05) is 6.07 Å². The van der Waals surface area contributed by atoms with E-state index in [0.717, 1.165) is 5.56 Å². The molecule has 126 valence electrons. The van der Waals surface area contributed by atoms with Crippen LogP contribution < -0.4 is 10.1 Å². The number of carboxylic acids is 1. The number of aromatic nitrogens is 1. The summed E-state index contributed by atoms with van der Waals surface area (Å²) in [5.41, 5.74) is 1.22. The molecule has 0 saturated heterocycles. The molecule has 0 fully saturated rings. The summed E-state index contributed by atoms with van der Waals surface area (Å²) in [6.07, 6.45) is -1.03. The van der Waals surface area contributed by atoms with Gasteiger partial charge in [-0.15, -0.1) is 0 Å². The Labute approximate surface area is 139 Å². The maximum atomic E-state index is 12.0. The molecule has 1 aromatic heterocycles. The third-order valence-electron chi connectivity index (χ3n) is 3.19. The third-order valence-corrected chi connectivity index (χ3v) is 3.19. The molecule has 2 aromatic rings. The van der Waals surface area contributed by atoms with E-state index in [1.165, 1.54) is 7.11 Å². The Morgan fingerprint density at radius 1 is 1.17 bits per heavy atom. The number of alkyl carbamates (subject to hydrolysis) is 1. The number of hydrogen-bond donors (Lipinski definition) is 2. The molecule has 7 nitrogen and oxygen atoms in total. The number of pyridine rings is 1. The number of ether oxygens (including phenoxy) is 2. The summed E-state index contributed by atoms with van der Waals surface area (Å²) in [7, 11) is 1.46. The molecule has 1 unspecified atom stereocenters. The van der Waals surface area contributed by atoms with Crippen LogP contribution in [0.5, 0.6) is 5.88 Å². The van der Waals surface area contributed by atoms with Gasteiger partial charge in [0.05, 0.1) is 25.3 Å². The van der Waals surface area contributed by atoms with Gasteiger partial charge in [-0.3, -0.25) is 4.79 Å². The Balaban J connectivity index is 2.02. The maximum absolute atomic E-state index is 12.0. The van der Waals surface area contributed by atoms with Crippen molar-refractivity contribution >= 4 is 12.1 Å². The summed E-state index contributed by atoms with van der Waals surface area (Å²) in [5.74, 6) is -0.727. The van der Waals surface area contributed by atoms with Gasteiger partial charge in [0.15, 0.2) is 0 Å². The SMILES string of the molecule is COc1cccc(C(CC(=O)O)NC(=O)OCc2ccccc2)n1. The summed E-state index contributed by atoms with van der Waals surface area (Å²) in [4.78, 5) is 27.2. The van der Waals surface area contributed by atoms with Crippen LogP contribution in [0, 0.1) is 0 Å². The molecule has 7 heteroatoms. The van der Waals surface area contributed by atoms with Gasteiger partial charge in [-0.1, -0.05) is 36.4 Å². The van der Waals surface area contributed by atoms with Gasteiger partial charge in [0.1, 0.15) is 6.61 Å². The first kappa shape index (κ1) is 17.3. The van der Waals surface area contributed by atoms with Crippen molar-refractivity contribution in [3.63, 3.8) is 0 Å². The van der Waals surface area contributed by atoms with E-state index in [9.17, 15) is 9.59 Å². The predicted molar refractivity (Wildman–Crippen MR) is 85.5 cm³/mol. The minimum absolute atomic E-state index is 0.0952. The first-order valence-corrected chi connectivity index (χ1v) is 7.28. The molecule has 0 saturated carbocycles. The van der Waals surface area contributed by atoms with E-state index >= 15 is 0 Å². The van der Waals surface area contributed by atoms with Crippen molar-refractivity contribution < 1.29 is 24.2 Å². The van der Waals surface area contributed by atoms with E-state index in [2.05, 4.69) is 10.3 Å². The normalized spacial score (nSPS) is 11.4. The second-order valence-corrected chi connectivity index (χ2v) is 4.96. The highest BCUT2D eigenvalue weighted by Gasteiger charge is 2.20. The van der Waals surface area contributed by atoms with Gasteiger partial charge in [0.25, 0.3) is 0 Å². The topological polar surface area (TPSA) is 97.8 Å². The third kappa shape index (κ3) is 5.28. The van der Waals surface area contributed by atoms with Crippen LogP contribution in [-0.4, -0.2) is 29.3 Å². The Morgan fingerprint density at radius 3 is 2.58 bits per heavy atom. The lowest BCUT2D eigenvalue weighted by Gasteiger charge is -2.17. The molecule has 0 aliphatic carbocycles. The summed E-state index contributed by atoms with van der Waals surface area (Å²) >= 11 is 0. The number of carbonyl (C=O) groups excluding carboxylic acids is 1. The number of amides is 1. The Hall–Kier alpha value is -3.09. The molecular formula is C17H18N2O5. The number of hydrogen-bond acceptors (Lipinski definition) is 5. The number of aliphatic carboxylic acids is 1. The number of nitrogens with zero attached hydrogens (tertiary/aromatic N) is 1. The lowest BCUT2D eigenvalue weighted by atomic mass is 10.1. The molecule has 1 amide bonds. The van der Waals surface area contributed by atoms with E-state index in [-0.39, 0.29) is 13.0 Å². The number of rotatable bonds is 7.